The van der Waals surface area contributed by atoms with Gasteiger partial charge < -0.3 is 4.74 Å². The molecule has 6 heteroatoms. The first kappa shape index (κ1) is 15.1. The number of ether oxygens (including phenoxy) is 1. The molecule has 1 heterocycles. The minimum absolute atomic E-state index is 0.0750. The molecule has 1 aliphatic carbocycles. The first-order chi connectivity index (χ1) is 9.55. The van der Waals surface area contributed by atoms with E-state index in [-0.39, 0.29) is 24.8 Å². The Morgan fingerprint density at radius 2 is 2.15 bits per heavy atom. The Morgan fingerprint density at radius 3 is 2.75 bits per heavy atom. The van der Waals surface area contributed by atoms with Gasteiger partial charge in [-0.1, -0.05) is 0 Å². The summed E-state index contributed by atoms with van der Waals surface area (Å²) in [6, 6.07) is 1.70. The summed E-state index contributed by atoms with van der Waals surface area (Å²) in [4.78, 5) is 4.13. The molecule has 1 aromatic heterocycles. The molecular weight excluding hydrogens is 264 g/mol. The predicted octanol–water partition coefficient (Wildman–Crippen LogP) is 2.81. The third-order valence-electron chi connectivity index (χ3n) is 3.82. The maximum Gasteiger partial charge on any atom is 0.248 e. The van der Waals surface area contributed by atoms with Crippen LogP contribution in [0.1, 0.15) is 44.2 Å². The molecule has 2 rings (SSSR count). The molecule has 0 amide bonds. The van der Waals surface area contributed by atoms with Crippen molar-refractivity contribution < 1.29 is 13.5 Å². The number of halogens is 2. The van der Waals surface area contributed by atoms with Crippen LogP contribution in [-0.2, 0) is 0 Å². The molecule has 1 fully saturated rings. The maximum absolute atomic E-state index is 13.2. The molecule has 1 saturated carbocycles. The van der Waals surface area contributed by atoms with Gasteiger partial charge in [0.05, 0.1) is 18.8 Å². The van der Waals surface area contributed by atoms with Crippen LogP contribution in [0.3, 0.4) is 0 Å². The van der Waals surface area contributed by atoms with Gasteiger partial charge in [-0.2, -0.15) is 0 Å². The van der Waals surface area contributed by atoms with Crippen LogP contribution in [0.4, 0.5) is 8.78 Å². The standard InChI is InChI=1S/C14H21F2N3O/c1-2-20-12-7-11(8-18-9-12)13(19-17)10-3-5-14(15,16)6-4-10/h7-10,13,19H,2-6,17H2,1H3. The van der Waals surface area contributed by atoms with Crippen molar-refractivity contribution in [3.63, 3.8) is 0 Å². The average molecular weight is 285 g/mol. The van der Waals surface area contributed by atoms with Gasteiger partial charge in [0, 0.05) is 19.0 Å². The molecule has 0 aromatic carbocycles. The van der Waals surface area contributed by atoms with E-state index in [1.807, 2.05) is 13.0 Å². The quantitative estimate of drug-likeness (QED) is 0.645. The normalized spacial score (nSPS) is 20.6. The number of nitrogens with one attached hydrogen (secondary N) is 1. The lowest BCUT2D eigenvalue weighted by Crippen LogP contribution is -2.37. The highest BCUT2D eigenvalue weighted by Crippen LogP contribution is 2.41. The van der Waals surface area contributed by atoms with Crippen LogP contribution in [0, 0.1) is 5.92 Å². The van der Waals surface area contributed by atoms with Crippen molar-refractivity contribution in [2.45, 2.75) is 44.6 Å². The zero-order chi connectivity index (χ0) is 14.6. The van der Waals surface area contributed by atoms with Gasteiger partial charge >= 0.3 is 0 Å². The molecular formula is C14H21F2N3O. The number of nitrogens with two attached hydrogens (primary N) is 1. The lowest BCUT2D eigenvalue weighted by molar-refractivity contribution is -0.0498. The number of pyridine rings is 1. The van der Waals surface area contributed by atoms with Crippen molar-refractivity contribution >= 4 is 0 Å². The van der Waals surface area contributed by atoms with Gasteiger partial charge in [-0.3, -0.25) is 16.3 Å². The maximum atomic E-state index is 13.2. The molecule has 0 spiro atoms. The van der Waals surface area contributed by atoms with E-state index in [9.17, 15) is 8.78 Å². The van der Waals surface area contributed by atoms with E-state index in [2.05, 4.69) is 10.4 Å². The molecule has 0 saturated heterocycles. The Labute approximate surface area is 117 Å². The van der Waals surface area contributed by atoms with E-state index in [0.717, 1.165) is 5.56 Å². The summed E-state index contributed by atoms with van der Waals surface area (Å²) < 4.78 is 31.9. The van der Waals surface area contributed by atoms with Crippen molar-refractivity contribution in [2.75, 3.05) is 6.61 Å². The largest absolute Gasteiger partial charge is 0.492 e. The highest BCUT2D eigenvalue weighted by Gasteiger charge is 2.37. The lowest BCUT2D eigenvalue weighted by Gasteiger charge is -2.33. The van der Waals surface area contributed by atoms with Crippen LogP contribution >= 0.6 is 0 Å². The topological polar surface area (TPSA) is 60.2 Å². The average Bonchev–Trinajstić information content (AvgIpc) is 2.42. The minimum atomic E-state index is -2.53. The number of aromatic nitrogens is 1. The van der Waals surface area contributed by atoms with E-state index in [1.165, 1.54) is 0 Å². The fourth-order valence-electron chi connectivity index (χ4n) is 2.75. The number of nitrogens with zero attached hydrogens (tertiary/aromatic N) is 1. The van der Waals surface area contributed by atoms with Crippen LogP contribution in [0.25, 0.3) is 0 Å². The predicted molar refractivity (Wildman–Crippen MR) is 72.4 cm³/mol. The van der Waals surface area contributed by atoms with Crippen molar-refractivity contribution in [3.8, 4) is 5.75 Å². The molecule has 1 atom stereocenters. The van der Waals surface area contributed by atoms with Gasteiger partial charge in [-0.15, -0.1) is 0 Å². The summed E-state index contributed by atoms with van der Waals surface area (Å²) in [7, 11) is 0. The van der Waals surface area contributed by atoms with Gasteiger partial charge in [0.1, 0.15) is 5.75 Å². The minimum Gasteiger partial charge on any atom is -0.492 e. The van der Waals surface area contributed by atoms with Gasteiger partial charge in [-0.25, -0.2) is 8.78 Å². The molecule has 112 valence electrons. The Balaban J connectivity index is 2.10. The van der Waals surface area contributed by atoms with Crippen LogP contribution in [0.15, 0.2) is 18.5 Å². The molecule has 0 bridgehead atoms. The zero-order valence-electron chi connectivity index (χ0n) is 11.6. The van der Waals surface area contributed by atoms with Crippen LogP contribution in [-0.4, -0.2) is 17.5 Å². The Hall–Kier alpha value is -1.27. The van der Waals surface area contributed by atoms with E-state index in [4.69, 9.17) is 10.6 Å². The fourth-order valence-corrected chi connectivity index (χ4v) is 2.75. The SMILES string of the molecule is CCOc1cncc(C(NN)C2CCC(F)(F)CC2)c1. The Kier molecular flexibility index (Phi) is 4.88. The molecule has 0 radical (unpaired) electrons. The van der Waals surface area contributed by atoms with Gasteiger partial charge in [0.15, 0.2) is 0 Å². The summed E-state index contributed by atoms with van der Waals surface area (Å²) in [5, 5.41) is 0. The monoisotopic (exact) mass is 285 g/mol. The Morgan fingerprint density at radius 1 is 1.45 bits per heavy atom. The van der Waals surface area contributed by atoms with Crippen LogP contribution in [0.2, 0.25) is 0 Å². The van der Waals surface area contributed by atoms with Gasteiger partial charge in [0.2, 0.25) is 5.92 Å². The van der Waals surface area contributed by atoms with E-state index in [1.54, 1.807) is 12.4 Å². The van der Waals surface area contributed by atoms with E-state index in [0.29, 0.717) is 25.2 Å². The number of rotatable bonds is 5. The number of alkyl halides is 2. The second kappa shape index (κ2) is 6.45. The number of hydrazine groups is 1. The van der Waals surface area contributed by atoms with Gasteiger partial charge in [0.25, 0.3) is 0 Å². The lowest BCUT2D eigenvalue weighted by atomic mass is 9.80. The van der Waals surface area contributed by atoms with E-state index < -0.39 is 5.92 Å². The summed E-state index contributed by atoms with van der Waals surface area (Å²) in [6.07, 6.45) is 4.11. The molecule has 1 unspecified atom stereocenters. The molecule has 0 aliphatic heterocycles. The summed E-state index contributed by atoms with van der Waals surface area (Å²) in [6.45, 7) is 2.45. The third-order valence-corrected chi connectivity index (χ3v) is 3.82. The summed E-state index contributed by atoms with van der Waals surface area (Å²) in [5.41, 5.74) is 3.63. The molecule has 1 aliphatic rings. The first-order valence-corrected chi connectivity index (χ1v) is 6.97. The smallest absolute Gasteiger partial charge is 0.248 e. The van der Waals surface area contributed by atoms with Crippen molar-refractivity contribution in [1.29, 1.82) is 0 Å². The second-order valence-corrected chi connectivity index (χ2v) is 5.22. The highest BCUT2D eigenvalue weighted by molar-refractivity contribution is 5.26. The number of hydrogen-bond acceptors (Lipinski definition) is 4. The summed E-state index contributed by atoms with van der Waals surface area (Å²) >= 11 is 0. The molecule has 3 N–H and O–H groups in total. The van der Waals surface area contributed by atoms with Crippen molar-refractivity contribution in [3.05, 3.63) is 24.0 Å². The molecule has 4 nitrogen and oxygen atoms in total. The Bertz CT molecular complexity index is 432. The third kappa shape index (κ3) is 3.64. The first-order valence-electron chi connectivity index (χ1n) is 6.97. The van der Waals surface area contributed by atoms with Crippen molar-refractivity contribution in [1.82, 2.24) is 10.4 Å². The highest BCUT2D eigenvalue weighted by atomic mass is 19.3. The molecule has 1 aromatic rings. The van der Waals surface area contributed by atoms with Crippen LogP contribution < -0.4 is 16.0 Å². The molecule has 20 heavy (non-hydrogen) atoms. The van der Waals surface area contributed by atoms with E-state index >= 15 is 0 Å². The second-order valence-electron chi connectivity index (χ2n) is 5.22. The number of hydrogen-bond donors (Lipinski definition) is 2. The fraction of sp³-hybridized carbons (Fsp3) is 0.643. The van der Waals surface area contributed by atoms with Gasteiger partial charge in [-0.05, 0) is 37.3 Å². The van der Waals surface area contributed by atoms with Crippen molar-refractivity contribution in [2.24, 2.45) is 11.8 Å². The summed E-state index contributed by atoms with van der Waals surface area (Å²) in [5.74, 6) is 3.86. The zero-order valence-corrected chi connectivity index (χ0v) is 11.6. The van der Waals surface area contributed by atoms with Crippen LogP contribution in [0.5, 0.6) is 5.75 Å².